The van der Waals surface area contributed by atoms with Gasteiger partial charge < -0.3 is 9.64 Å². The van der Waals surface area contributed by atoms with Crippen molar-refractivity contribution in [3.63, 3.8) is 0 Å². The van der Waals surface area contributed by atoms with Crippen LogP contribution in [0.1, 0.15) is 23.7 Å². The van der Waals surface area contributed by atoms with E-state index >= 15 is 0 Å². The minimum atomic E-state index is -0.154. The van der Waals surface area contributed by atoms with Crippen LogP contribution >= 0.6 is 11.6 Å². The van der Waals surface area contributed by atoms with Crippen molar-refractivity contribution < 1.29 is 14.3 Å². The lowest BCUT2D eigenvalue weighted by Crippen LogP contribution is -2.53. The van der Waals surface area contributed by atoms with Gasteiger partial charge in [0.05, 0.1) is 0 Å². The van der Waals surface area contributed by atoms with Crippen LogP contribution in [0.2, 0.25) is 5.02 Å². The molecule has 5 nitrogen and oxygen atoms in total. The first-order chi connectivity index (χ1) is 10.5. The lowest BCUT2D eigenvalue weighted by molar-refractivity contribution is -0.145. The molecule has 3 rings (SSSR count). The number of benzene rings is 1. The van der Waals surface area contributed by atoms with Crippen LogP contribution in [0.4, 0.5) is 0 Å². The van der Waals surface area contributed by atoms with Gasteiger partial charge in [-0.3, -0.25) is 14.5 Å². The summed E-state index contributed by atoms with van der Waals surface area (Å²) in [5.41, 5.74) is 0.606. The van der Waals surface area contributed by atoms with Crippen LogP contribution in [0, 0.1) is 0 Å². The molecule has 2 atom stereocenters. The van der Waals surface area contributed by atoms with Crippen molar-refractivity contribution in [1.82, 2.24) is 9.80 Å². The van der Waals surface area contributed by atoms with E-state index in [9.17, 15) is 9.59 Å². The third-order valence-corrected chi connectivity index (χ3v) is 4.49. The van der Waals surface area contributed by atoms with Gasteiger partial charge in [-0.05, 0) is 25.1 Å². The van der Waals surface area contributed by atoms with E-state index in [0.29, 0.717) is 36.8 Å². The highest BCUT2D eigenvalue weighted by Crippen LogP contribution is 2.22. The fourth-order valence-electron chi connectivity index (χ4n) is 3.07. The van der Waals surface area contributed by atoms with Gasteiger partial charge in [0.1, 0.15) is 12.1 Å². The van der Waals surface area contributed by atoms with Gasteiger partial charge in [0.15, 0.2) is 0 Å². The quantitative estimate of drug-likeness (QED) is 0.779. The number of hydrogen-bond acceptors (Lipinski definition) is 4. The van der Waals surface area contributed by atoms with Gasteiger partial charge in [-0.2, -0.15) is 0 Å². The Morgan fingerprint density at radius 3 is 2.59 bits per heavy atom. The Kier molecular flexibility index (Phi) is 4.36. The molecule has 2 aliphatic rings. The van der Waals surface area contributed by atoms with Gasteiger partial charge in [-0.15, -0.1) is 0 Å². The van der Waals surface area contributed by atoms with E-state index < -0.39 is 0 Å². The molecule has 118 valence electrons. The Labute approximate surface area is 134 Å². The van der Waals surface area contributed by atoms with Crippen LogP contribution in [-0.4, -0.2) is 60.0 Å². The second-order valence-electron chi connectivity index (χ2n) is 5.84. The molecule has 0 N–H and O–H groups in total. The number of carbonyl (C=O) groups excluding carboxylic acids is 2. The number of nitrogens with zero attached hydrogens (tertiary/aromatic N) is 2. The normalized spacial score (nSPS) is 26.1. The lowest BCUT2D eigenvalue weighted by atomic mass is 10.1. The van der Waals surface area contributed by atoms with E-state index in [-0.39, 0.29) is 24.0 Å². The van der Waals surface area contributed by atoms with Crippen molar-refractivity contribution in [2.24, 2.45) is 0 Å². The van der Waals surface area contributed by atoms with Crippen LogP contribution in [-0.2, 0) is 9.53 Å². The second-order valence-corrected chi connectivity index (χ2v) is 6.27. The molecular formula is C16H19ClN2O3. The number of ether oxygens (including phenoxy) is 1. The first kappa shape index (κ1) is 15.3. The second kappa shape index (κ2) is 6.26. The average molecular weight is 323 g/mol. The Bertz CT molecular complexity index is 585. The number of piperazine rings is 1. The summed E-state index contributed by atoms with van der Waals surface area (Å²) in [5, 5.41) is 0.562. The van der Waals surface area contributed by atoms with Crippen LogP contribution < -0.4 is 0 Å². The summed E-state index contributed by atoms with van der Waals surface area (Å²) >= 11 is 5.94. The molecule has 1 aromatic carbocycles. The fourth-order valence-corrected chi connectivity index (χ4v) is 3.26. The summed E-state index contributed by atoms with van der Waals surface area (Å²) in [4.78, 5) is 28.2. The van der Waals surface area contributed by atoms with E-state index in [0.717, 1.165) is 6.42 Å². The fraction of sp³-hybridized carbons (Fsp3) is 0.500. The molecule has 6 heteroatoms. The number of cyclic esters (lactones) is 1. The van der Waals surface area contributed by atoms with Gasteiger partial charge in [0.25, 0.3) is 5.91 Å². The molecule has 2 aliphatic heterocycles. The van der Waals surface area contributed by atoms with Crippen molar-refractivity contribution in [1.29, 1.82) is 0 Å². The molecule has 0 aliphatic carbocycles. The summed E-state index contributed by atoms with van der Waals surface area (Å²) in [6.45, 7) is 4.53. The Hall–Kier alpha value is -1.59. The van der Waals surface area contributed by atoms with E-state index in [1.807, 2.05) is 11.8 Å². The summed E-state index contributed by atoms with van der Waals surface area (Å²) < 4.78 is 5.21. The molecule has 2 fully saturated rings. The molecule has 1 amide bonds. The predicted octanol–water partition coefficient (Wildman–Crippen LogP) is 1.80. The van der Waals surface area contributed by atoms with Gasteiger partial charge in [0.2, 0.25) is 0 Å². The maximum absolute atomic E-state index is 12.5. The van der Waals surface area contributed by atoms with Crippen molar-refractivity contribution in [3.8, 4) is 0 Å². The molecule has 0 bridgehead atoms. The number of hydrogen-bond donors (Lipinski definition) is 0. The maximum Gasteiger partial charge on any atom is 0.323 e. The highest BCUT2D eigenvalue weighted by molar-refractivity contribution is 6.30. The number of halogens is 1. The predicted molar refractivity (Wildman–Crippen MR) is 82.9 cm³/mol. The average Bonchev–Trinajstić information content (AvgIpc) is 2.85. The van der Waals surface area contributed by atoms with Gasteiger partial charge in [-0.1, -0.05) is 17.7 Å². The summed E-state index contributed by atoms with van der Waals surface area (Å²) in [6, 6.07) is 6.84. The molecule has 2 heterocycles. The van der Waals surface area contributed by atoms with Crippen molar-refractivity contribution >= 4 is 23.5 Å². The maximum atomic E-state index is 12.5. The number of carbonyl (C=O) groups is 2. The third-order valence-electron chi connectivity index (χ3n) is 4.26. The molecule has 2 saturated heterocycles. The third kappa shape index (κ3) is 3.10. The Balaban J connectivity index is 1.60. The Morgan fingerprint density at radius 2 is 2.00 bits per heavy atom. The zero-order chi connectivity index (χ0) is 15.7. The zero-order valence-corrected chi connectivity index (χ0v) is 13.3. The first-order valence-corrected chi connectivity index (χ1v) is 7.92. The van der Waals surface area contributed by atoms with Crippen LogP contribution in [0.3, 0.4) is 0 Å². The Morgan fingerprint density at radius 1 is 1.27 bits per heavy atom. The van der Waals surface area contributed by atoms with Gasteiger partial charge in [0, 0.05) is 43.2 Å². The molecular weight excluding hydrogens is 304 g/mol. The summed E-state index contributed by atoms with van der Waals surface area (Å²) in [5.74, 6) is -0.147. The van der Waals surface area contributed by atoms with Crippen LogP contribution in [0.25, 0.3) is 0 Å². The minimum Gasteiger partial charge on any atom is -0.461 e. The zero-order valence-electron chi connectivity index (χ0n) is 12.5. The van der Waals surface area contributed by atoms with Gasteiger partial charge >= 0.3 is 5.97 Å². The molecule has 0 aromatic heterocycles. The standard InChI is InChI=1S/C16H19ClN2O3/c1-11-9-14(16(21)22-11)18-5-7-19(8-6-18)15(20)12-3-2-4-13(17)10-12/h2-4,10-11,14H,5-9H2,1H3. The molecule has 2 unspecified atom stereocenters. The number of esters is 1. The highest BCUT2D eigenvalue weighted by atomic mass is 35.5. The summed E-state index contributed by atoms with van der Waals surface area (Å²) in [6.07, 6.45) is 0.727. The van der Waals surface area contributed by atoms with E-state index in [1.165, 1.54) is 0 Å². The monoisotopic (exact) mass is 322 g/mol. The van der Waals surface area contributed by atoms with E-state index in [4.69, 9.17) is 16.3 Å². The number of rotatable bonds is 2. The topological polar surface area (TPSA) is 49.9 Å². The minimum absolute atomic E-state index is 0.00971. The smallest absolute Gasteiger partial charge is 0.323 e. The van der Waals surface area contributed by atoms with E-state index in [1.54, 1.807) is 24.3 Å². The molecule has 0 radical (unpaired) electrons. The molecule has 22 heavy (non-hydrogen) atoms. The van der Waals surface area contributed by atoms with Crippen LogP contribution in [0.5, 0.6) is 0 Å². The highest BCUT2D eigenvalue weighted by Gasteiger charge is 2.38. The first-order valence-electron chi connectivity index (χ1n) is 7.54. The van der Waals surface area contributed by atoms with Crippen molar-refractivity contribution in [3.05, 3.63) is 34.9 Å². The van der Waals surface area contributed by atoms with Crippen molar-refractivity contribution in [2.45, 2.75) is 25.5 Å². The molecule has 1 aromatic rings. The molecule has 0 spiro atoms. The largest absolute Gasteiger partial charge is 0.461 e. The van der Waals surface area contributed by atoms with Crippen LogP contribution in [0.15, 0.2) is 24.3 Å². The summed E-state index contributed by atoms with van der Waals surface area (Å²) in [7, 11) is 0. The molecule has 0 saturated carbocycles. The van der Waals surface area contributed by atoms with E-state index in [2.05, 4.69) is 4.90 Å². The van der Waals surface area contributed by atoms with Crippen molar-refractivity contribution in [2.75, 3.05) is 26.2 Å². The SMILES string of the molecule is CC1CC(N2CCN(C(=O)c3cccc(Cl)c3)CC2)C(=O)O1. The van der Waals surface area contributed by atoms with Gasteiger partial charge in [-0.25, -0.2) is 0 Å². The lowest BCUT2D eigenvalue weighted by Gasteiger charge is -2.36. The number of amides is 1.